The van der Waals surface area contributed by atoms with E-state index in [2.05, 4.69) is 31.9 Å². The van der Waals surface area contributed by atoms with Gasteiger partial charge in [-0.1, -0.05) is 6.07 Å². The Morgan fingerprint density at radius 2 is 1.86 bits per heavy atom. The molecule has 0 bridgehead atoms. The molecule has 1 aromatic rings. The lowest BCUT2D eigenvalue weighted by atomic mass is 10.1. The molecule has 0 aromatic heterocycles. The number of benzene rings is 1. The van der Waals surface area contributed by atoms with Crippen LogP contribution >= 0.6 is 31.9 Å². The highest BCUT2D eigenvalue weighted by Crippen LogP contribution is 2.27. The normalized spacial score (nSPS) is 13.3. The first-order valence-corrected chi connectivity index (χ1v) is 5.58. The first-order chi connectivity index (χ1) is 6.50. The van der Waals surface area contributed by atoms with Gasteiger partial charge >= 0.3 is 0 Å². The number of hydrogen-bond donors (Lipinski definition) is 1. The Labute approximate surface area is 97.9 Å². The van der Waals surface area contributed by atoms with Gasteiger partial charge in [0, 0.05) is 21.4 Å². The maximum atomic E-state index is 12.0. The molecule has 1 rings (SSSR count). The van der Waals surface area contributed by atoms with Crippen molar-refractivity contribution >= 4 is 31.9 Å². The molecule has 0 unspecified atom stereocenters. The summed E-state index contributed by atoms with van der Waals surface area (Å²) in [6.45, 7) is 0. The fourth-order valence-electron chi connectivity index (χ4n) is 1.07. The van der Waals surface area contributed by atoms with Gasteiger partial charge in [0.15, 0.2) is 0 Å². The average molecular weight is 329 g/mol. The van der Waals surface area contributed by atoms with Crippen LogP contribution in [0.15, 0.2) is 27.1 Å². The molecule has 1 atom stereocenters. The van der Waals surface area contributed by atoms with Crippen molar-refractivity contribution in [1.82, 2.24) is 0 Å². The van der Waals surface area contributed by atoms with E-state index in [9.17, 15) is 8.78 Å². The summed E-state index contributed by atoms with van der Waals surface area (Å²) in [5, 5.41) is 0. The fourth-order valence-corrected chi connectivity index (χ4v) is 1.71. The van der Waals surface area contributed by atoms with Crippen LogP contribution in [0.3, 0.4) is 0 Å². The van der Waals surface area contributed by atoms with Gasteiger partial charge < -0.3 is 5.73 Å². The Morgan fingerprint density at radius 3 is 2.36 bits per heavy atom. The van der Waals surface area contributed by atoms with Crippen LogP contribution in [0.4, 0.5) is 8.78 Å². The molecule has 0 radical (unpaired) electrons. The van der Waals surface area contributed by atoms with Crippen LogP contribution in [0.2, 0.25) is 0 Å². The van der Waals surface area contributed by atoms with Gasteiger partial charge in [0.2, 0.25) is 6.43 Å². The molecule has 0 saturated carbocycles. The van der Waals surface area contributed by atoms with E-state index in [1.807, 2.05) is 0 Å². The summed E-state index contributed by atoms with van der Waals surface area (Å²) >= 11 is 6.58. The standard InChI is InChI=1S/C9H9Br2F2N/c10-6-2-1-5(3-7(6)11)8(14)4-9(12)13/h1-3,8-9H,4,14H2/t8-/m1/s1. The van der Waals surface area contributed by atoms with Gasteiger partial charge in [0.1, 0.15) is 0 Å². The molecule has 78 valence electrons. The van der Waals surface area contributed by atoms with Gasteiger partial charge in [0.05, 0.1) is 0 Å². The molecule has 2 N–H and O–H groups in total. The van der Waals surface area contributed by atoms with Crippen LogP contribution in [0.5, 0.6) is 0 Å². The molecule has 0 aliphatic heterocycles. The summed E-state index contributed by atoms with van der Waals surface area (Å²) in [6, 6.07) is 4.66. The number of alkyl halides is 2. The molecule has 1 aromatic carbocycles. The number of rotatable bonds is 3. The van der Waals surface area contributed by atoms with E-state index in [0.717, 1.165) is 8.95 Å². The summed E-state index contributed by atoms with van der Waals surface area (Å²) in [5.74, 6) is 0. The second-order valence-corrected chi connectivity index (χ2v) is 4.62. The molecule has 0 fully saturated rings. The Kier molecular flexibility index (Phi) is 4.47. The average Bonchev–Trinajstić information content (AvgIpc) is 2.08. The summed E-state index contributed by atoms with van der Waals surface area (Å²) in [4.78, 5) is 0. The van der Waals surface area contributed by atoms with Crippen molar-refractivity contribution < 1.29 is 8.78 Å². The highest BCUT2D eigenvalue weighted by Gasteiger charge is 2.13. The summed E-state index contributed by atoms with van der Waals surface area (Å²) < 4.78 is 25.8. The number of halogens is 4. The fraction of sp³-hybridized carbons (Fsp3) is 0.333. The first kappa shape index (κ1) is 12.1. The predicted molar refractivity (Wildman–Crippen MR) is 59.4 cm³/mol. The van der Waals surface area contributed by atoms with E-state index in [-0.39, 0.29) is 6.42 Å². The zero-order chi connectivity index (χ0) is 10.7. The van der Waals surface area contributed by atoms with E-state index >= 15 is 0 Å². The molecule has 14 heavy (non-hydrogen) atoms. The third-order valence-electron chi connectivity index (χ3n) is 1.80. The molecule has 0 heterocycles. The van der Waals surface area contributed by atoms with Gasteiger partial charge in [-0.15, -0.1) is 0 Å². The van der Waals surface area contributed by atoms with Gasteiger partial charge in [-0.3, -0.25) is 0 Å². The second-order valence-electron chi connectivity index (χ2n) is 2.91. The van der Waals surface area contributed by atoms with E-state index in [0.29, 0.717) is 5.56 Å². The molecule has 5 heteroatoms. The summed E-state index contributed by atoms with van der Waals surface area (Å²) in [6.07, 6.45) is -2.68. The van der Waals surface area contributed by atoms with E-state index in [4.69, 9.17) is 5.73 Å². The van der Waals surface area contributed by atoms with Gasteiger partial charge in [0.25, 0.3) is 0 Å². The second kappa shape index (κ2) is 5.19. The largest absolute Gasteiger partial charge is 0.324 e. The number of hydrogen-bond acceptors (Lipinski definition) is 1. The van der Waals surface area contributed by atoms with Crippen molar-refractivity contribution in [3.8, 4) is 0 Å². The topological polar surface area (TPSA) is 26.0 Å². The number of nitrogens with two attached hydrogens (primary N) is 1. The lowest BCUT2D eigenvalue weighted by Gasteiger charge is -2.12. The Balaban J connectivity index is 2.80. The van der Waals surface area contributed by atoms with Gasteiger partial charge in [-0.25, -0.2) is 8.78 Å². The smallest absolute Gasteiger partial charge is 0.240 e. The van der Waals surface area contributed by atoms with Crippen molar-refractivity contribution in [2.24, 2.45) is 5.73 Å². The zero-order valence-electron chi connectivity index (χ0n) is 7.18. The molecular weight excluding hydrogens is 320 g/mol. The molecule has 0 aliphatic rings. The lowest BCUT2D eigenvalue weighted by molar-refractivity contribution is 0.128. The quantitative estimate of drug-likeness (QED) is 0.895. The molecule has 1 nitrogen and oxygen atoms in total. The molecule has 0 aliphatic carbocycles. The zero-order valence-corrected chi connectivity index (χ0v) is 10.4. The van der Waals surface area contributed by atoms with Crippen LogP contribution < -0.4 is 5.73 Å². The van der Waals surface area contributed by atoms with Crippen LogP contribution in [-0.2, 0) is 0 Å². The SMILES string of the molecule is N[C@H](CC(F)F)c1ccc(Br)c(Br)c1. The Hall–Kier alpha value is -0.000000000000000111. The van der Waals surface area contributed by atoms with E-state index < -0.39 is 12.5 Å². The minimum atomic E-state index is -2.37. The maximum Gasteiger partial charge on any atom is 0.240 e. The van der Waals surface area contributed by atoms with Crippen molar-refractivity contribution in [3.63, 3.8) is 0 Å². The molecule has 0 spiro atoms. The van der Waals surface area contributed by atoms with Crippen LogP contribution in [0, 0.1) is 0 Å². The van der Waals surface area contributed by atoms with Gasteiger partial charge in [-0.2, -0.15) is 0 Å². The van der Waals surface area contributed by atoms with Crippen LogP contribution in [0.25, 0.3) is 0 Å². The van der Waals surface area contributed by atoms with Crippen molar-refractivity contribution in [3.05, 3.63) is 32.7 Å². The maximum absolute atomic E-state index is 12.0. The van der Waals surface area contributed by atoms with Gasteiger partial charge in [-0.05, 0) is 49.6 Å². The molecular formula is C9H9Br2F2N. The highest BCUT2D eigenvalue weighted by molar-refractivity contribution is 9.13. The minimum absolute atomic E-state index is 0.311. The molecule has 0 saturated heterocycles. The molecule has 0 amide bonds. The van der Waals surface area contributed by atoms with Crippen molar-refractivity contribution in [2.75, 3.05) is 0 Å². The summed E-state index contributed by atoms with van der Waals surface area (Å²) in [7, 11) is 0. The third kappa shape index (κ3) is 3.29. The first-order valence-electron chi connectivity index (χ1n) is 3.99. The monoisotopic (exact) mass is 327 g/mol. The van der Waals surface area contributed by atoms with E-state index in [1.54, 1.807) is 18.2 Å². The van der Waals surface area contributed by atoms with Crippen LogP contribution in [0.1, 0.15) is 18.0 Å². The van der Waals surface area contributed by atoms with Crippen molar-refractivity contribution in [2.45, 2.75) is 18.9 Å². The Morgan fingerprint density at radius 1 is 1.21 bits per heavy atom. The van der Waals surface area contributed by atoms with Crippen molar-refractivity contribution in [1.29, 1.82) is 0 Å². The third-order valence-corrected chi connectivity index (χ3v) is 3.68. The minimum Gasteiger partial charge on any atom is -0.324 e. The lowest BCUT2D eigenvalue weighted by Crippen LogP contribution is -2.13. The predicted octanol–water partition coefficient (Wildman–Crippen LogP) is 3.87. The summed E-state index contributed by atoms with van der Waals surface area (Å²) in [5.41, 5.74) is 6.31. The van der Waals surface area contributed by atoms with Crippen LogP contribution in [-0.4, -0.2) is 6.43 Å². The Bertz CT molecular complexity index is 318. The van der Waals surface area contributed by atoms with E-state index in [1.165, 1.54) is 0 Å². The highest BCUT2D eigenvalue weighted by atomic mass is 79.9.